The number of allylic oxidation sites excluding steroid dienone is 5. The Kier molecular flexibility index (Phi) is 59.7. The molecule has 2 heterocycles. The average molecular weight is 1320 g/mol. The molecule has 14 heteroatoms. The maximum atomic E-state index is 13.4. The third kappa shape index (κ3) is 47.0. The predicted molar refractivity (Wildman–Crippen MR) is 383 cm³/mol. The lowest BCUT2D eigenvalue weighted by Crippen LogP contribution is -2.65. The van der Waals surface area contributed by atoms with Crippen LogP contribution in [-0.4, -0.2) is 140 Å². The summed E-state index contributed by atoms with van der Waals surface area (Å²) in [6.07, 6.45) is 66.6. The van der Waals surface area contributed by atoms with E-state index in [1.165, 1.54) is 289 Å². The molecule has 0 radical (unpaired) electrons. The molecule has 0 aliphatic carbocycles. The summed E-state index contributed by atoms with van der Waals surface area (Å²) in [7, 11) is 0. The Morgan fingerprint density at radius 2 is 0.688 bits per heavy atom. The van der Waals surface area contributed by atoms with E-state index in [1.807, 2.05) is 6.08 Å². The summed E-state index contributed by atoms with van der Waals surface area (Å²) < 4.78 is 22.9. The van der Waals surface area contributed by atoms with Gasteiger partial charge in [-0.15, -0.1) is 0 Å². The molecule has 2 rings (SSSR count). The van der Waals surface area contributed by atoms with Crippen LogP contribution in [0, 0.1) is 0 Å². The lowest BCUT2D eigenvalue weighted by molar-refractivity contribution is -0.359. The fraction of sp³-hybridized carbons (Fsp3) is 0.911. The van der Waals surface area contributed by atoms with Crippen molar-refractivity contribution in [3.8, 4) is 0 Å². The Morgan fingerprint density at radius 3 is 1.05 bits per heavy atom. The van der Waals surface area contributed by atoms with E-state index in [9.17, 15) is 45.6 Å². The number of aliphatic hydroxyl groups is 8. The molecular weight excluding hydrogens is 1170 g/mol. The van der Waals surface area contributed by atoms with Crippen LogP contribution < -0.4 is 5.32 Å². The molecule has 14 nitrogen and oxygen atoms in total. The first kappa shape index (κ1) is 87.3. The smallest absolute Gasteiger partial charge is 0.220 e. The summed E-state index contributed by atoms with van der Waals surface area (Å²) in [6, 6.07) is -0.938. The van der Waals surface area contributed by atoms with Crippen molar-refractivity contribution in [1.82, 2.24) is 5.32 Å². The van der Waals surface area contributed by atoms with Crippen LogP contribution >= 0.6 is 0 Å². The van der Waals surface area contributed by atoms with Gasteiger partial charge in [-0.1, -0.05) is 352 Å². The first-order valence-corrected chi connectivity index (χ1v) is 39.7. The first-order valence-electron chi connectivity index (χ1n) is 39.7. The van der Waals surface area contributed by atoms with Gasteiger partial charge in [0.05, 0.1) is 32.0 Å². The molecule has 0 saturated carbocycles. The van der Waals surface area contributed by atoms with Crippen molar-refractivity contribution in [2.24, 2.45) is 0 Å². The van der Waals surface area contributed by atoms with Crippen molar-refractivity contribution >= 4 is 5.91 Å². The Hall–Kier alpha value is -1.79. The van der Waals surface area contributed by atoms with Gasteiger partial charge in [-0.05, 0) is 44.9 Å². The van der Waals surface area contributed by atoms with Crippen molar-refractivity contribution in [3.05, 3.63) is 36.5 Å². The number of nitrogens with one attached hydrogen (secondary N) is 1. The Bertz CT molecular complexity index is 1700. The first-order chi connectivity index (χ1) is 45.6. The van der Waals surface area contributed by atoms with Crippen LogP contribution in [-0.2, 0) is 23.7 Å². The molecule has 9 N–H and O–H groups in total. The quantitative estimate of drug-likeness (QED) is 0.0204. The van der Waals surface area contributed by atoms with E-state index >= 15 is 0 Å². The van der Waals surface area contributed by atoms with Crippen molar-refractivity contribution in [1.29, 1.82) is 0 Å². The monoisotopic (exact) mass is 1320 g/mol. The zero-order valence-corrected chi connectivity index (χ0v) is 60.0. The van der Waals surface area contributed by atoms with Gasteiger partial charge in [0.2, 0.25) is 5.91 Å². The number of hydrogen-bond donors (Lipinski definition) is 9. The third-order valence-corrected chi connectivity index (χ3v) is 19.6. The highest BCUT2D eigenvalue weighted by Crippen LogP contribution is 2.30. The molecule has 548 valence electrons. The van der Waals surface area contributed by atoms with Gasteiger partial charge >= 0.3 is 0 Å². The number of hydrogen-bond acceptors (Lipinski definition) is 13. The van der Waals surface area contributed by atoms with Gasteiger partial charge < -0.3 is 65.1 Å². The molecule has 2 fully saturated rings. The van der Waals surface area contributed by atoms with E-state index in [-0.39, 0.29) is 18.9 Å². The van der Waals surface area contributed by atoms with E-state index in [4.69, 9.17) is 18.9 Å². The number of ether oxygens (including phenoxy) is 4. The standard InChI is InChI=1S/C79H149NO13/c1-3-5-7-9-11-13-15-17-19-21-23-25-27-29-31-33-34-35-36-38-40-42-44-46-48-50-52-54-56-58-60-62-68(83)67(66-90-78-76(89)74(87)77(70(65-82)92-78)93-79-75(88)73(86)72(85)69(64-81)91-79)80-71(84)63-61-59-57-55-53-51-49-47-45-43-41-39-37-32-30-28-26-24-22-20-18-16-14-12-10-8-6-4-2/h44,46,52,54,60,62,67-70,72-79,81-83,85-89H,3-43,45,47-51,53,55-59,61,63-66H2,1-2H3,(H,80,84)/b46-44+,54-52+,62-60+. The second-order valence-corrected chi connectivity index (χ2v) is 28.2. The predicted octanol–water partition coefficient (Wildman–Crippen LogP) is 17.6. The van der Waals surface area contributed by atoms with Gasteiger partial charge in [-0.2, -0.15) is 0 Å². The average Bonchev–Trinajstić information content (AvgIpc) is 0.864. The Morgan fingerprint density at radius 1 is 0.376 bits per heavy atom. The minimum absolute atomic E-state index is 0.245. The molecule has 93 heavy (non-hydrogen) atoms. The Labute approximate surface area is 570 Å². The van der Waals surface area contributed by atoms with Crippen molar-refractivity contribution in [3.63, 3.8) is 0 Å². The molecule has 12 atom stereocenters. The molecule has 0 spiro atoms. The number of carbonyl (C=O) groups is 1. The van der Waals surface area contributed by atoms with Gasteiger partial charge in [0, 0.05) is 6.42 Å². The maximum absolute atomic E-state index is 13.4. The molecule has 2 aliphatic rings. The largest absolute Gasteiger partial charge is 0.394 e. The highest BCUT2D eigenvalue weighted by Gasteiger charge is 2.51. The van der Waals surface area contributed by atoms with Crippen LogP contribution in [0.2, 0.25) is 0 Å². The lowest BCUT2D eigenvalue weighted by Gasteiger charge is -2.46. The summed E-state index contributed by atoms with van der Waals surface area (Å²) >= 11 is 0. The number of unbranched alkanes of at least 4 members (excludes halogenated alkanes) is 50. The topological polar surface area (TPSA) is 228 Å². The number of aliphatic hydroxyl groups excluding tert-OH is 8. The second-order valence-electron chi connectivity index (χ2n) is 28.2. The molecule has 0 aromatic rings. The lowest BCUT2D eigenvalue weighted by atomic mass is 9.97. The van der Waals surface area contributed by atoms with Crippen molar-refractivity contribution in [2.75, 3.05) is 19.8 Å². The molecule has 12 unspecified atom stereocenters. The van der Waals surface area contributed by atoms with Crippen molar-refractivity contribution in [2.45, 2.75) is 441 Å². The molecule has 1 amide bonds. The summed E-state index contributed by atoms with van der Waals surface area (Å²) in [5, 5.41) is 87.6. The van der Waals surface area contributed by atoms with Crippen LogP contribution in [0.3, 0.4) is 0 Å². The zero-order chi connectivity index (χ0) is 67.3. The highest BCUT2D eigenvalue weighted by molar-refractivity contribution is 5.76. The van der Waals surface area contributed by atoms with Gasteiger partial charge in [0.1, 0.15) is 48.8 Å². The van der Waals surface area contributed by atoms with E-state index in [1.54, 1.807) is 6.08 Å². The Balaban J connectivity index is 1.65. The van der Waals surface area contributed by atoms with Gasteiger partial charge in [0.15, 0.2) is 12.6 Å². The summed E-state index contributed by atoms with van der Waals surface area (Å²) in [6.45, 7) is 2.84. The molecule has 0 aromatic heterocycles. The zero-order valence-electron chi connectivity index (χ0n) is 60.0. The van der Waals surface area contributed by atoms with E-state index < -0.39 is 86.8 Å². The fourth-order valence-electron chi connectivity index (χ4n) is 13.3. The fourth-order valence-corrected chi connectivity index (χ4v) is 13.3. The third-order valence-electron chi connectivity index (χ3n) is 19.6. The van der Waals surface area contributed by atoms with Crippen LogP contribution in [0.15, 0.2) is 36.5 Å². The molecular formula is C79H149NO13. The molecule has 0 bridgehead atoms. The van der Waals surface area contributed by atoms with Crippen LogP contribution in [0.5, 0.6) is 0 Å². The molecule has 0 aromatic carbocycles. The molecule has 2 saturated heterocycles. The normalized spacial score (nSPS) is 22.7. The van der Waals surface area contributed by atoms with Crippen LogP contribution in [0.4, 0.5) is 0 Å². The van der Waals surface area contributed by atoms with E-state index in [2.05, 4.69) is 43.5 Å². The SMILES string of the molecule is CCCCCCCCCCCCCCCCCCCCCCC/C=C/CC/C=C/CC/C=C/C(O)C(COC1OC(CO)C(OC2OC(CO)C(O)C(O)C2O)C(O)C1O)NC(=O)CCCCCCCCCCCCCCCCCCCCCCCCCCCCCC. The van der Waals surface area contributed by atoms with Crippen LogP contribution in [0.25, 0.3) is 0 Å². The summed E-state index contributed by atoms with van der Waals surface area (Å²) in [4.78, 5) is 13.4. The number of rotatable bonds is 67. The number of carbonyl (C=O) groups excluding carboxylic acids is 1. The highest BCUT2D eigenvalue weighted by atomic mass is 16.7. The summed E-state index contributed by atoms with van der Waals surface area (Å²) in [5.74, 6) is -0.245. The maximum Gasteiger partial charge on any atom is 0.220 e. The second kappa shape index (κ2) is 63.6. The van der Waals surface area contributed by atoms with Gasteiger partial charge in [0.25, 0.3) is 0 Å². The minimum atomic E-state index is -1.79. The van der Waals surface area contributed by atoms with E-state index in [0.717, 1.165) is 44.9 Å². The number of amides is 1. The van der Waals surface area contributed by atoms with Crippen LogP contribution in [0.1, 0.15) is 367 Å². The molecule has 2 aliphatic heterocycles. The minimum Gasteiger partial charge on any atom is -0.394 e. The van der Waals surface area contributed by atoms with Crippen molar-refractivity contribution < 1.29 is 64.6 Å². The summed E-state index contributed by atoms with van der Waals surface area (Å²) in [5.41, 5.74) is 0. The van der Waals surface area contributed by atoms with Gasteiger partial charge in [-0.25, -0.2) is 0 Å². The van der Waals surface area contributed by atoms with Gasteiger partial charge in [-0.3, -0.25) is 4.79 Å². The van der Waals surface area contributed by atoms with E-state index in [0.29, 0.717) is 12.8 Å².